The van der Waals surface area contributed by atoms with Crippen molar-refractivity contribution in [3.05, 3.63) is 38.4 Å². The summed E-state index contributed by atoms with van der Waals surface area (Å²) >= 11 is 1.15. The van der Waals surface area contributed by atoms with E-state index in [0.29, 0.717) is 46.3 Å². The normalized spacial score (nSPS) is 18.7. The fourth-order valence-corrected chi connectivity index (χ4v) is 5.29. The molecule has 1 aliphatic heterocycles. The van der Waals surface area contributed by atoms with Crippen LogP contribution in [0.3, 0.4) is 0 Å². The predicted octanol–water partition coefficient (Wildman–Crippen LogP) is 1.11. The average Bonchev–Trinajstić information content (AvgIpc) is 3.26. The molecule has 0 unspecified atom stereocenters. The molecule has 4 heterocycles. The molecule has 2 N–H and O–H groups in total. The molecule has 5 rings (SSSR count). The Bertz CT molecular complexity index is 1390. The number of carbonyl (C=O) groups is 1. The number of aliphatic hydroxyl groups excluding tert-OH is 1. The van der Waals surface area contributed by atoms with Crippen molar-refractivity contribution in [1.82, 2.24) is 4.40 Å². The molecule has 29 heavy (non-hydrogen) atoms. The predicted molar refractivity (Wildman–Crippen MR) is 106 cm³/mol. The van der Waals surface area contributed by atoms with Crippen molar-refractivity contribution in [2.75, 3.05) is 38.3 Å². The van der Waals surface area contributed by atoms with Crippen LogP contribution in [0.4, 0.5) is 10.1 Å². The summed E-state index contributed by atoms with van der Waals surface area (Å²) in [4.78, 5) is 31.1. The Kier molecular flexibility index (Phi) is 3.99. The van der Waals surface area contributed by atoms with Gasteiger partial charge in [-0.2, -0.15) is 0 Å². The van der Waals surface area contributed by atoms with Gasteiger partial charge in [0.1, 0.15) is 16.2 Å². The zero-order valence-electron chi connectivity index (χ0n) is 15.3. The van der Waals surface area contributed by atoms with Crippen molar-refractivity contribution < 1.29 is 24.1 Å². The molecular formula is C19H16FN3O5S. The standard InChI is InChI=1S/C19H16FN3O5S/c1-21-14-11-7-29-18-13(19(26)27)17(25)9-4-10(20)16(12(14)15(9)23(11)18)22-2-3-28-8(5-22)6-24/h4,7-8,24H,2-3,5-6H2,1H3,(H,26,27)/t8-/m0/s1. The van der Waals surface area contributed by atoms with E-state index in [1.54, 1.807) is 21.7 Å². The Morgan fingerprint density at radius 3 is 2.97 bits per heavy atom. The Labute approximate surface area is 166 Å². The molecule has 3 aromatic heterocycles. The zero-order valence-corrected chi connectivity index (χ0v) is 16.1. The van der Waals surface area contributed by atoms with E-state index in [0.717, 1.165) is 17.4 Å². The Balaban J connectivity index is 1.96. The Hall–Kier alpha value is -2.82. The van der Waals surface area contributed by atoms with E-state index in [1.165, 1.54) is 0 Å². The molecule has 0 amide bonds. The highest BCUT2D eigenvalue weighted by atomic mass is 32.1. The number of hydrogen-bond donors (Lipinski definition) is 2. The first-order valence-electron chi connectivity index (χ1n) is 8.98. The minimum absolute atomic E-state index is 0.0152. The van der Waals surface area contributed by atoms with E-state index in [9.17, 15) is 19.8 Å². The lowest BCUT2D eigenvalue weighted by atomic mass is 10.1. The first-order chi connectivity index (χ1) is 14.0. The summed E-state index contributed by atoms with van der Waals surface area (Å²) in [6, 6.07) is 1.11. The van der Waals surface area contributed by atoms with Gasteiger partial charge >= 0.3 is 5.97 Å². The zero-order chi connectivity index (χ0) is 20.4. The SMILES string of the molecule is CN=c1c2c(N3CCO[C@H](CO)C3)c(F)cc3c(=O)c(C(=O)O)c4scc1n4c32. The van der Waals surface area contributed by atoms with E-state index >= 15 is 4.39 Å². The number of rotatable bonds is 3. The van der Waals surface area contributed by atoms with Gasteiger partial charge in [0.25, 0.3) is 0 Å². The maximum Gasteiger partial charge on any atom is 0.342 e. The molecule has 1 fully saturated rings. The molecule has 10 heteroatoms. The van der Waals surface area contributed by atoms with Crippen LogP contribution in [0, 0.1) is 5.82 Å². The second-order valence-corrected chi connectivity index (χ2v) is 7.80. The van der Waals surface area contributed by atoms with Gasteiger partial charge in [0.15, 0.2) is 0 Å². The van der Waals surface area contributed by atoms with Crippen LogP contribution in [0.15, 0.2) is 21.2 Å². The molecule has 0 aliphatic carbocycles. The number of hydrogen-bond acceptors (Lipinski definition) is 7. The lowest BCUT2D eigenvalue weighted by Gasteiger charge is -2.34. The fraction of sp³-hybridized carbons (Fsp3) is 0.316. The number of carboxylic acid groups (broad SMARTS) is 1. The summed E-state index contributed by atoms with van der Waals surface area (Å²) in [6.45, 7) is 0.853. The maximum absolute atomic E-state index is 15.4. The van der Waals surface area contributed by atoms with Crippen LogP contribution in [-0.4, -0.2) is 60.0 Å². The smallest absolute Gasteiger partial charge is 0.342 e. The molecule has 8 nitrogen and oxygen atoms in total. The largest absolute Gasteiger partial charge is 0.477 e. The number of nitrogens with zero attached hydrogens (tertiary/aromatic N) is 3. The number of halogens is 1. The van der Waals surface area contributed by atoms with Crippen molar-refractivity contribution in [3.63, 3.8) is 0 Å². The lowest BCUT2D eigenvalue weighted by Crippen LogP contribution is -2.44. The third-order valence-electron chi connectivity index (χ3n) is 5.44. The van der Waals surface area contributed by atoms with Crippen LogP contribution in [-0.2, 0) is 4.74 Å². The van der Waals surface area contributed by atoms with Gasteiger partial charge in [0.05, 0.1) is 52.2 Å². The van der Waals surface area contributed by atoms with E-state index < -0.39 is 23.3 Å². The number of anilines is 1. The highest BCUT2D eigenvalue weighted by Gasteiger charge is 2.30. The van der Waals surface area contributed by atoms with Crippen molar-refractivity contribution in [1.29, 1.82) is 0 Å². The van der Waals surface area contributed by atoms with Gasteiger partial charge in [-0.15, -0.1) is 11.3 Å². The van der Waals surface area contributed by atoms with Crippen molar-refractivity contribution in [3.8, 4) is 0 Å². The summed E-state index contributed by atoms with van der Waals surface area (Å²) in [6.07, 6.45) is -0.444. The Morgan fingerprint density at radius 2 is 2.28 bits per heavy atom. The molecule has 0 bridgehead atoms. The molecule has 1 aromatic carbocycles. The second-order valence-electron chi connectivity index (χ2n) is 6.94. The quantitative estimate of drug-likeness (QED) is 0.518. The minimum Gasteiger partial charge on any atom is -0.477 e. The second kappa shape index (κ2) is 6.34. The number of aromatic nitrogens is 1. The minimum atomic E-state index is -1.34. The molecule has 1 atom stereocenters. The molecule has 4 aromatic rings. The summed E-state index contributed by atoms with van der Waals surface area (Å²) in [7, 11) is 1.58. The van der Waals surface area contributed by atoms with Crippen LogP contribution < -0.4 is 15.7 Å². The van der Waals surface area contributed by atoms with E-state index in [2.05, 4.69) is 4.99 Å². The van der Waals surface area contributed by atoms with Crippen LogP contribution >= 0.6 is 11.3 Å². The number of pyridine rings is 1. The van der Waals surface area contributed by atoms with E-state index in [4.69, 9.17) is 4.74 Å². The first kappa shape index (κ1) is 18.2. The number of ether oxygens (including phenoxy) is 1. The molecule has 0 radical (unpaired) electrons. The van der Waals surface area contributed by atoms with Crippen molar-refractivity contribution in [2.45, 2.75) is 6.10 Å². The van der Waals surface area contributed by atoms with Crippen LogP contribution in [0.1, 0.15) is 10.4 Å². The number of morpholine rings is 1. The van der Waals surface area contributed by atoms with Gasteiger partial charge in [-0.05, 0) is 6.07 Å². The van der Waals surface area contributed by atoms with Crippen LogP contribution in [0.25, 0.3) is 26.6 Å². The van der Waals surface area contributed by atoms with Crippen LogP contribution in [0.5, 0.6) is 0 Å². The highest BCUT2D eigenvalue weighted by Crippen LogP contribution is 2.36. The monoisotopic (exact) mass is 417 g/mol. The fourth-order valence-electron chi connectivity index (χ4n) is 4.26. The van der Waals surface area contributed by atoms with Gasteiger partial charge in [0.2, 0.25) is 5.43 Å². The number of benzene rings is 1. The summed E-state index contributed by atoms with van der Waals surface area (Å²) in [5.74, 6) is -1.97. The topological polar surface area (TPSA) is 104 Å². The first-order valence-corrected chi connectivity index (χ1v) is 9.86. The van der Waals surface area contributed by atoms with Crippen LogP contribution in [0.2, 0.25) is 0 Å². The third kappa shape index (κ3) is 2.33. The molecule has 1 aliphatic rings. The number of aromatic carboxylic acids is 1. The molecule has 150 valence electrons. The highest BCUT2D eigenvalue weighted by molar-refractivity contribution is 7.16. The molecule has 0 spiro atoms. The summed E-state index contributed by atoms with van der Waals surface area (Å²) in [5.41, 5.74) is 0.317. The Morgan fingerprint density at radius 1 is 1.48 bits per heavy atom. The van der Waals surface area contributed by atoms with E-state index in [1.807, 2.05) is 0 Å². The molecule has 1 saturated heterocycles. The van der Waals surface area contributed by atoms with Gasteiger partial charge in [-0.1, -0.05) is 0 Å². The van der Waals surface area contributed by atoms with Crippen molar-refractivity contribution >= 4 is 49.6 Å². The number of aliphatic hydroxyl groups is 1. The third-order valence-corrected chi connectivity index (χ3v) is 6.39. The average molecular weight is 417 g/mol. The maximum atomic E-state index is 15.4. The van der Waals surface area contributed by atoms with Crippen molar-refractivity contribution in [2.24, 2.45) is 4.99 Å². The van der Waals surface area contributed by atoms with Gasteiger partial charge in [-0.25, -0.2) is 9.18 Å². The van der Waals surface area contributed by atoms with Gasteiger partial charge < -0.3 is 19.8 Å². The van der Waals surface area contributed by atoms with E-state index in [-0.39, 0.29) is 23.2 Å². The van der Waals surface area contributed by atoms with Gasteiger partial charge in [-0.3, -0.25) is 14.2 Å². The summed E-state index contributed by atoms with van der Waals surface area (Å²) < 4.78 is 22.5. The molecular weight excluding hydrogens is 401 g/mol. The van der Waals surface area contributed by atoms with Gasteiger partial charge in [0, 0.05) is 25.5 Å². The number of carboxylic acids is 1. The molecule has 0 saturated carbocycles. The summed E-state index contributed by atoms with van der Waals surface area (Å²) in [5, 5.41) is 21.8. The lowest BCUT2D eigenvalue weighted by molar-refractivity contribution is 0.00348. The number of thiazole rings is 1.